The van der Waals surface area contributed by atoms with E-state index in [2.05, 4.69) is 39.2 Å². The monoisotopic (exact) mass is 331 g/mol. The van der Waals surface area contributed by atoms with E-state index >= 15 is 0 Å². The number of hydrogen-bond donors (Lipinski definition) is 2. The van der Waals surface area contributed by atoms with Crippen LogP contribution < -0.4 is 11.1 Å². The van der Waals surface area contributed by atoms with Gasteiger partial charge in [-0.25, -0.2) is 0 Å². The van der Waals surface area contributed by atoms with Crippen LogP contribution in [0.3, 0.4) is 0 Å². The Bertz CT molecular complexity index is 767. The van der Waals surface area contributed by atoms with Crippen LogP contribution in [0, 0.1) is 0 Å². The number of nitrogens with one attached hydrogen (secondary N) is 1. The summed E-state index contributed by atoms with van der Waals surface area (Å²) in [6, 6.07) is 12.0. The number of benzene rings is 2. The SMILES string of the molecule is CCc1cc(Br)ccc1Nc1nc2cc(N)ccc2o1. The molecule has 0 saturated heterocycles. The quantitative estimate of drug-likeness (QED) is 0.694. The minimum absolute atomic E-state index is 0.475. The first-order chi connectivity index (χ1) is 9.65. The number of anilines is 3. The standard InChI is InChI=1S/C15H14BrN3O/c1-2-9-7-10(16)3-5-12(9)18-15-19-13-8-11(17)4-6-14(13)20-15/h3-8H,2,17H2,1H3,(H,18,19). The first-order valence-corrected chi connectivity index (χ1v) is 7.16. The van der Waals surface area contributed by atoms with Gasteiger partial charge in [-0.2, -0.15) is 4.98 Å². The van der Waals surface area contributed by atoms with Crippen LogP contribution in [0.1, 0.15) is 12.5 Å². The second kappa shape index (κ2) is 5.17. The zero-order valence-electron chi connectivity index (χ0n) is 11.0. The first kappa shape index (κ1) is 13.0. The van der Waals surface area contributed by atoms with Gasteiger partial charge in [-0.15, -0.1) is 0 Å². The lowest BCUT2D eigenvalue weighted by Crippen LogP contribution is -1.95. The van der Waals surface area contributed by atoms with Crippen molar-refractivity contribution in [2.24, 2.45) is 0 Å². The van der Waals surface area contributed by atoms with Gasteiger partial charge in [0.1, 0.15) is 5.52 Å². The van der Waals surface area contributed by atoms with E-state index in [0.717, 1.165) is 27.7 Å². The summed E-state index contributed by atoms with van der Waals surface area (Å²) in [6.07, 6.45) is 0.926. The highest BCUT2D eigenvalue weighted by Gasteiger charge is 2.08. The lowest BCUT2D eigenvalue weighted by molar-refractivity contribution is 0.623. The zero-order valence-corrected chi connectivity index (χ0v) is 12.6. The van der Waals surface area contributed by atoms with Crippen molar-refractivity contribution in [2.75, 3.05) is 11.1 Å². The van der Waals surface area contributed by atoms with Gasteiger partial charge in [-0.3, -0.25) is 0 Å². The van der Waals surface area contributed by atoms with Crippen molar-refractivity contribution in [2.45, 2.75) is 13.3 Å². The summed E-state index contributed by atoms with van der Waals surface area (Å²) in [5.41, 5.74) is 10.1. The molecule has 0 fully saturated rings. The summed E-state index contributed by atoms with van der Waals surface area (Å²) in [5, 5.41) is 3.22. The van der Waals surface area contributed by atoms with Gasteiger partial charge in [0.05, 0.1) is 0 Å². The van der Waals surface area contributed by atoms with Crippen LogP contribution in [0.5, 0.6) is 0 Å². The van der Waals surface area contributed by atoms with E-state index in [1.807, 2.05) is 18.2 Å². The molecular weight excluding hydrogens is 318 g/mol. The van der Waals surface area contributed by atoms with Gasteiger partial charge in [0.25, 0.3) is 6.01 Å². The summed E-state index contributed by atoms with van der Waals surface area (Å²) in [5.74, 6) is 0. The molecule has 0 bridgehead atoms. The topological polar surface area (TPSA) is 64.1 Å². The number of rotatable bonds is 3. The second-order valence-electron chi connectivity index (χ2n) is 4.53. The molecule has 1 aromatic heterocycles. The summed E-state index contributed by atoms with van der Waals surface area (Å²) in [6.45, 7) is 2.11. The van der Waals surface area contributed by atoms with Crippen LogP contribution >= 0.6 is 15.9 Å². The third-order valence-corrected chi connectivity index (χ3v) is 3.59. The highest BCUT2D eigenvalue weighted by Crippen LogP contribution is 2.27. The van der Waals surface area contributed by atoms with E-state index in [0.29, 0.717) is 11.7 Å². The third-order valence-electron chi connectivity index (χ3n) is 3.10. The molecule has 3 rings (SSSR count). The molecule has 5 heteroatoms. The normalized spacial score (nSPS) is 10.9. The lowest BCUT2D eigenvalue weighted by Gasteiger charge is -2.08. The Morgan fingerprint density at radius 1 is 1.25 bits per heavy atom. The van der Waals surface area contributed by atoms with Crippen LogP contribution in [-0.2, 0) is 6.42 Å². The van der Waals surface area contributed by atoms with Crippen LogP contribution in [0.4, 0.5) is 17.4 Å². The maximum Gasteiger partial charge on any atom is 0.300 e. The van der Waals surface area contributed by atoms with Crippen LogP contribution in [0.15, 0.2) is 45.3 Å². The Hall–Kier alpha value is -2.01. The van der Waals surface area contributed by atoms with Crippen molar-refractivity contribution in [1.29, 1.82) is 0 Å². The van der Waals surface area contributed by atoms with Crippen LogP contribution in [-0.4, -0.2) is 4.98 Å². The Morgan fingerprint density at radius 2 is 2.10 bits per heavy atom. The Labute approximate surface area is 125 Å². The van der Waals surface area contributed by atoms with Crippen molar-refractivity contribution >= 4 is 44.4 Å². The minimum atomic E-state index is 0.475. The molecule has 0 saturated carbocycles. The minimum Gasteiger partial charge on any atom is -0.423 e. The van der Waals surface area contributed by atoms with Crippen molar-refractivity contribution in [3.63, 3.8) is 0 Å². The number of aromatic nitrogens is 1. The predicted octanol–water partition coefficient (Wildman–Crippen LogP) is 4.48. The molecule has 3 aromatic rings. The fourth-order valence-electron chi connectivity index (χ4n) is 2.09. The summed E-state index contributed by atoms with van der Waals surface area (Å²) >= 11 is 3.48. The number of nitrogens with zero attached hydrogens (tertiary/aromatic N) is 1. The predicted molar refractivity (Wildman–Crippen MR) is 85.2 cm³/mol. The fourth-order valence-corrected chi connectivity index (χ4v) is 2.50. The molecule has 0 aliphatic heterocycles. The molecule has 0 radical (unpaired) electrons. The molecule has 4 nitrogen and oxygen atoms in total. The second-order valence-corrected chi connectivity index (χ2v) is 5.44. The summed E-state index contributed by atoms with van der Waals surface area (Å²) < 4.78 is 6.73. The molecule has 20 heavy (non-hydrogen) atoms. The van der Waals surface area contributed by atoms with Gasteiger partial charge in [0.2, 0.25) is 0 Å². The molecule has 0 amide bonds. The number of oxazole rings is 1. The number of nitrogen functional groups attached to an aromatic ring is 1. The van der Waals surface area contributed by atoms with Gasteiger partial charge in [-0.05, 0) is 48.4 Å². The molecule has 3 N–H and O–H groups in total. The fraction of sp³-hybridized carbons (Fsp3) is 0.133. The highest BCUT2D eigenvalue weighted by molar-refractivity contribution is 9.10. The molecule has 0 atom stereocenters. The number of aryl methyl sites for hydroxylation is 1. The third kappa shape index (κ3) is 2.49. The summed E-state index contributed by atoms with van der Waals surface area (Å²) in [4.78, 5) is 4.40. The van der Waals surface area contributed by atoms with Crippen molar-refractivity contribution in [3.05, 3.63) is 46.4 Å². The molecule has 102 valence electrons. The van der Waals surface area contributed by atoms with Crippen LogP contribution in [0.25, 0.3) is 11.1 Å². The largest absolute Gasteiger partial charge is 0.423 e. The maximum absolute atomic E-state index is 5.74. The van der Waals surface area contributed by atoms with Gasteiger partial charge >= 0.3 is 0 Å². The molecule has 0 aliphatic rings. The van der Waals surface area contributed by atoms with Crippen molar-refractivity contribution in [3.8, 4) is 0 Å². The van der Waals surface area contributed by atoms with E-state index in [-0.39, 0.29) is 0 Å². The first-order valence-electron chi connectivity index (χ1n) is 6.37. The van der Waals surface area contributed by atoms with Gasteiger partial charge in [0.15, 0.2) is 5.58 Å². The van der Waals surface area contributed by atoms with E-state index in [1.165, 1.54) is 5.56 Å². The molecular formula is C15H14BrN3O. The lowest BCUT2D eigenvalue weighted by atomic mass is 10.1. The Kier molecular flexibility index (Phi) is 3.36. The number of fused-ring (bicyclic) bond motifs is 1. The smallest absolute Gasteiger partial charge is 0.300 e. The van der Waals surface area contributed by atoms with Gasteiger partial charge in [0, 0.05) is 15.8 Å². The van der Waals surface area contributed by atoms with Crippen molar-refractivity contribution in [1.82, 2.24) is 4.98 Å². The van der Waals surface area contributed by atoms with E-state index in [1.54, 1.807) is 12.1 Å². The average molecular weight is 332 g/mol. The van der Waals surface area contributed by atoms with E-state index in [4.69, 9.17) is 10.2 Å². The zero-order chi connectivity index (χ0) is 14.1. The highest BCUT2D eigenvalue weighted by atomic mass is 79.9. The summed E-state index contributed by atoms with van der Waals surface area (Å²) in [7, 11) is 0. The molecule has 0 aliphatic carbocycles. The number of nitrogens with two attached hydrogens (primary N) is 1. The van der Waals surface area contributed by atoms with Crippen molar-refractivity contribution < 1.29 is 4.42 Å². The molecule has 1 heterocycles. The van der Waals surface area contributed by atoms with Gasteiger partial charge in [-0.1, -0.05) is 22.9 Å². The van der Waals surface area contributed by atoms with Crippen LogP contribution in [0.2, 0.25) is 0 Å². The molecule has 0 spiro atoms. The molecule has 0 unspecified atom stereocenters. The van der Waals surface area contributed by atoms with Gasteiger partial charge < -0.3 is 15.5 Å². The maximum atomic E-state index is 5.74. The molecule has 2 aromatic carbocycles. The Balaban J connectivity index is 1.96. The number of halogens is 1. The average Bonchev–Trinajstić information content (AvgIpc) is 2.82. The Morgan fingerprint density at radius 3 is 2.90 bits per heavy atom. The van der Waals surface area contributed by atoms with E-state index in [9.17, 15) is 0 Å². The number of hydrogen-bond acceptors (Lipinski definition) is 4. The van der Waals surface area contributed by atoms with E-state index < -0.39 is 0 Å².